The fraction of sp³-hybridized carbons (Fsp3) is 0.600. The van der Waals surface area contributed by atoms with Crippen molar-refractivity contribution in [3.05, 3.63) is 10.6 Å². The van der Waals surface area contributed by atoms with E-state index >= 15 is 0 Å². The number of aliphatic carboxylic acids is 1. The molecule has 0 radical (unpaired) electrons. The van der Waals surface area contributed by atoms with Crippen LogP contribution in [0.5, 0.6) is 0 Å². The number of rotatable bonds is 2. The van der Waals surface area contributed by atoms with Crippen molar-refractivity contribution in [2.75, 3.05) is 0 Å². The lowest BCUT2D eigenvalue weighted by atomic mass is 9.79. The summed E-state index contributed by atoms with van der Waals surface area (Å²) in [6, 6.07) is -0.258. The van der Waals surface area contributed by atoms with Crippen LogP contribution in [-0.4, -0.2) is 39.1 Å². The van der Waals surface area contributed by atoms with Crippen molar-refractivity contribution >= 4 is 24.5 Å². The molecule has 6 heteroatoms. The third-order valence-electron chi connectivity index (χ3n) is 3.34. The smallest absolute Gasteiger partial charge is 0.353 e. The normalized spacial score (nSPS) is 34.9. The summed E-state index contributed by atoms with van der Waals surface area (Å²) < 4.78 is 0. The van der Waals surface area contributed by atoms with Crippen LogP contribution in [0.2, 0.25) is 0 Å². The lowest BCUT2D eigenvalue weighted by Gasteiger charge is -2.46. The molecule has 1 amide bonds. The molecule has 2 aliphatic heterocycles. The zero-order valence-electron chi connectivity index (χ0n) is 8.91. The van der Waals surface area contributed by atoms with E-state index in [1.54, 1.807) is 6.92 Å². The van der Waals surface area contributed by atoms with Crippen molar-refractivity contribution in [1.82, 2.24) is 4.90 Å². The van der Waals surface area contributed by atoms with Gasteiger partial charge in [-0.2, -0.15) is 0 Å². The molecular formula is C10H13NO4S. The van der Waals surface area contributed by atoms with Gasteiger partial charge < -0.3 is 15.1 Å². The molecule has 0 spiro atoms. The highest BCUT2D eigenvalue weighted by Gasteiger charge is 2.59. The van der Waals surface area contributed by atoms with Crippen LogP contribution in [0, 0.1) is 11.8 Å². The molecule has 0 aromatic rings. The van der Waals surface area contributed by atoms with Gasteiger partial charge in [-0.15, -0.1) is 12.6 Å². The van der Waals surface area contributed by atoms with Gasteiger partial charge in [0.1, 0.15) is 5.70 Å². The van der Waals surface area contributed by atoms with Gasteiger partial charge in [-0.05, 0) is 6.92 Å². The zero-order chi connectivity index (χ0) is 12.2. The molecule has 4 atom stereocenters. The first-order valence-electron chi connectivity index (χ1n) is 5.05. The zero-order valence-corrected chi connectivity index (χ0v) is 9.81. The second kappa shape index (κ2) is 3.49. The molecule has 0 aromatic heterocycles. The SMILES string of the molecule is C[C@@H](O)[C@H]1C(=O)N2C(C(=O)O)=C(S)[C@H](C)[C@H]12. The molecule has 0 unspecified atom stereocenters. The number of thiol groups is 1. The van der Waals surface area contributed by atoms with Crippen molar-refractivity contribution in [3.63, 3.8) is 0 Å². The van der Waals surface area contributed by atoms with Crippen LogP contribution in [0.15, 0.2) is 10.6 Å². The van der Waals surface area contributed by atoms with Gasteiger partial charge in [0.2, 0.25) is 5.91 Å². The number of aliphatic hydroxyl groups is 1. The maximum Gasteiger partial charge on any atom is 0.353 e. The summed E-state index contributed by atoms with van der Waals surface area (Å²) in [5.41, 5.74) is -0.0391. The van der Waals surface area contributed by atoms with Crippen LogP contribution in [0.3, 0.4) is 0 Å². The molecule has 5 nitrogen and oxygen atoms in total. The Labute approximate surface area is 98.1 Å². The first-order chi connectivity index (χ1) is 7.37. The Morgan fingerprint density at radius 1 is 1.56 bits per heavy atom. The molecule has 1 fully saturated rings. The molecule has 0 saturated carbocycles. The van der Waals surface area contributed by atoms with Crippen LogP contribution in [0.4, 0.5) is 0 Å². The minimum atomic E-state index is -1.14. The molecule has 0 aliphatic carbocycles. The van der Waals surface area contributed by atoms with E-state index in [1.165, 1.54) is 4.90 Å². The average Bonchev–Trinajstić information content (AvgIpc) is 2.38. The van der Waals surface area contributed by atoms with Crippen LogP contribution in [0.1, 0.15) is 13.8 Å². The van der Waals surface area contributed by atoms with E-state index in [1.807, 2.05) is 6.92 Å². The number of carboxylic acid groups (broad SMARTS) is 1. The first-order valence-corrected chi connectivity index (χ1v) is 5.50. The molecule has 88 valence electrons. The van der Waals surface area contributed by atoms with Crippen molar-refractivity contribution in [2.45, 2.75) is 26.0 Å². The largest absolute Gasteiger partial charge is 0.477 e. The average molecular weight is 243 g/mol. The van der Waals surface area contributed by atoms with E-state index in [2.05, 4.69) is 12.6 Å². The second-order valence-corrected chi connectivity index (χ2v) is 4.77. The van der Waals surface area contributed by atoms with E-state index in [0.29, 0.717) is 4.91 Å². The Morgan fingerprint density at radius 3 is 2.56 bits per heavy atom. The predicted molar refractivity (Wildman–Crippen MR) is 58.6 cm³/mol. The van der Waals surface area contributed by atoms with Gasteiger partial charge in [0.15, 0.2) is 0 Å². The molecular weight excluding hydrogens is 230 g/mol. The number of aliphatic hydroxyl groups excluding tert-OH is 1. The Hall–Kier alpha value is -1.01. The topological polar surface area (TPSA) is 77.8 Å². The summed E-state index contributed by atoms with van der Waals surface area (Å²) in [5.74, 6) is -2.11. The van der Waals surface area contributed by atoms with Gasteiger partial charge in [0, 0.05) is 10.8 Å². The number of hydrogen-bond acceptors (Lipinski definition) is 4. The highest BCUT2D eigenvalue weighted by Crippen LogP contribution is 2.47. The number of carbonyl (C=O) groups is 2. The third kappa shape index (κ3) is 1.23. The lowest BCUT2D eigenvalue weighted by molar-refractivity contribution is -0.163. The van der Waals surface area contributed by atoms with E-state index in [-0.39, 0.29) is 23.6 Å². The molecule has 2 heterocycles. The van der Waals surface area contributed by atoms with Gasteiger partial charge in [-0.1, -0.05) is 6.92 Å². The number of carbonyl (C=O) groups excluding carboxylic acids is 1. The number of hydrogen-bond donors (Lipinski definition) is 3. The van der Waals surface area contributed by atoms with Crippen molar-refractivity contribution in [3.8, 4) is 0 Å². The fourth-order valence-electron chi connectivity index (χ4n) is 2.53. The molecule has 2 aliphatic rings. The van der Waals surface area contributed by atoms with E-state index in [4.69, 9.17) is 5.11 Å². The maximum atomic E-state index is 11.7. The Morgan fingerprint density at radius 2 is 2.12 bits per heavy atom. The van der Waals surface area contributed by atoms with Gasteiger partial charge in [-0.25, -0.2) is 4.79 Å². The summed E-state index contributed by atoms with van der Waals surface area (Å²) in [5, 5.41) is 18.5. The third-order valence-corrected chi connectivity index (χ3v) is 3.96. The van der Waals surface area contributed by atoms with Gasteiger partial charge in [-0.3, -0.25) is 4.79 Å². The van der Waals surface area contributed by atoms with E-state index < -0.39 is 18.0 Å². The van der Waals surface area contributed by atoms with Crippen LogP contribution < -0.4 is 0 Å². The Bertz CT molecular complexity index is 404. The van der Waals surface area contributed by atoms with Crippen LogP contribution >= 0.6 is 12.6 Å². The Balaban J connectivity index is 2.36. The van der Waals surface area contributed by atoms with E-state index in [9.17, 15) is 14.7 Å². The number of fused-ring (bicyclic) bond motifs is 1. The quantitative estimate of drug-likeness (QED) is 0.474. The monoisotopic (exact) mass is 243 g/mol. The molecule has 0 bridgehead atoms. The summed E-state index contributed by atoms with van der Waals surface area (Å²) in [6.45, 7) is 3.36. The first kappa shape index (κ1) is 11.5. The maximum absolute atomic E-state index is 11.7. The summed E-state index contributed by atoms with van der Waals surface area (Å²) in [4.78, 5) is 24.4. The van der Waals surface area contributed by atoms with Crippen LogP contribution in [0.25, 0.3) is 0 Å². The van der Waals surface area contributed by atoms with Crippen LogP contribution in [-0.2, 0) is 9.59 Å². The number of nitrogens with zero attached hydrogens (tertiary/aromatic N) is 1. The van der Waals surface area contributed by atoms with Gasteiger partial charge in [0.05, 0.1) is 18.1 Å². The van der Waals surface area contributed by atoms with E-state index in [0.717, 1.165) is 0 Å². The number of carboxylic acids is 1. The summed E-state index contributed by atoms with van der Waals surface area (Å²) >= 11 is 4.15. The summed E-state index contributed by atoms with van der Waals surface area (Å²) in [7, 11) is 0. The highest BCUT2D eigenvalue weighted by atomic mass is 32.1. The Kier molecular flexibility index (Phi) is 2.51. The minimum Gasteiger partial charge on any atom is -0.477 e. The van der Waals surface area contributed by atoms with Gasteiger partial charge in [0.25, 0.3) is 0 Å². The molecule has 0 aromatic carbocycles. The highest BCUT2D eigenvalue weighted by molar-refractivity contribution is 7.84. The molecule has 2 N–H and O–H groups in total. The molecule has 1 saturated heterocycles. The lowest BCUT2D eigenvalue weighted by Crippen LogP contribution is -2.63. The number of β-lactam (4-membered cyclic amide) rings is 1. The van der Waals surface area contributed by atoms with Crippen molar-refractivity contribution in [2.24, 2.45) is 11.8 Å². The second-order valence-electron chi connectivity index (χ2n) is 4.29. The van der Waals surface area contributed by atoms with Gasteiger partial charge >= 0.3 is 5.97 Å². The predicted octanol–water partition coefficient (Wildman–Crippen LogP) is 0.0699. The molecule has 16 heavy (non-hydrogen) atoms. The fourth-order valence-corrected chi connectivity index (χ4v) is 2.89. The van der Waals surface area contributed by atoms with Crippen molar-refractivity contribution in [1.29, 1.82) is 0 Å². The standard InChI is InChI=1S/C10H13NO4S/c1-3-6-5(4(2)12)9(13)11(6)7(8(3)16)10(14)15/h3-6,12,16H,1-2H3,(H,14,15)/t3-,4-,5-,6-/m1/s1. The minimum absolute atomic E-state index is 0.0391. The summed E-state index contributed by atoms with van der Waals surface area (Å²) in [6.07, 6.45) is -0.759. The number of amides is 1. The van der Waals surface area contributed by atoms with Crippen molar-refractivity contribution < 1.29 is 19.8 Å². The molecule has 2 rings (SSSR count).